The Kier molecular flexibility index (Phi) is 3.48. The number of nitrogen functional groups attached to an aromatic ring is 1. The van der Waals surface area contributed by atoms with Crippen molar-refractivity contribution in [3.05, 3.63) is 71.5 Å². The topological polar surface area (TPSA) is 35.2 Å². The van der Waals surface area contributed by atoms with Gasteiger partial charge in [-0.1, -0.05) is 30.3 Å². The molecule has 0 saturated carbocycles. The van der Waals surface area contributed by atoms with Crippen LogP contribution in [0.2, 0.25) is 0 Å². The van der Waals surface area contributed by atoms with Gasteiger partial charge in [0.2, 0.25) is 0 Å². The molecule has 3 aromatic carbocycles. The minimum atomic E-state index is -0.249. The van der Waals surface area contributed by atoms with Crippen molar-refractivity contribution in [2.75, 3.05) is 5.73 Å². The summed E-state index contributed by atoms with van der Waals surface area (Å²) in [6.45, 7) is 2.27. The molecule has 2 N–H and O–H groups in total. The number of benzene rings is 3. The fraction of sp³-hybridized carbons (Fsp3) is 0.111. The van der Waals surface area contributed by atoms with E-state index in [1.807, 2.05) is 43.3 Å². The fourth-order valence-corrected chi connectivity index (χ4v) is 2.37. The van der Waals surface area contributed by atoms with Gasteiger partial charge in [-0.2, -0.15) is 0 Å². The number of nitrogens with two attached hydrogens (primary N) is 1. The first kappa shape index (κ1) is 13.4. The van der Waals surface area contributed by atoms with Gasteiger partial charge in [-0.15, -0.1) is 0 Å². The molecule has 0 atom stereocenters. The average molecular weight is 281 g/mol. The van der Waals surface area contributed by atoms with Crippen molar-refractivity contribution in [2.45, 2.75) is 13.5 Å². The molecule has 21 heavy (non-hydrogen) atoms. The number of halogens is 1. The zero-order valence-corrected chi connectivity index (χ0v) is 11.8. The molecule has 0 bridgehead atoms. The van der Waals surface area contributed by atoms with Crippen LogP contribution in [0.4, 0.5) is 10.1 Å². The van der Waals surface area contributed by atoms with Crippen molar-refractivity contribution < 1.29 is 9.13 Å². The number of fused-ring (bicyclic) bond motifs is 1. The maximum absolute atomic E-state index is 13.3. The SMILES string of the molecule is Cc1ccc(F)cc1COc1ccc(N)c2ccccc12. The maximum atomic E-state index is 13.3. The lowest BCUT2D eigenvalue weighted by molar-refractivity contribution is 0.308. The smallest absolute Gasteiger partial charge is 0.127 e. The molecular weight excluding hydrogens is 265 g/mol. The molecule has 0 aromatic heterocycles. The van der Waals surface area contributed by atoms with Gasteiger partial charge in [-0.3, -0.25) is 0 Å². The van der Waals surface area contributed by atoms with Crippen LogP contribution < -0.4 is 10.5 Å². The van der Waals surface area contributed by atoms with Crippen molar-refractivity contribution in [3.63, 3.8) is 0 Å². The van der Waals surface area contributed by atoms with E-state index >= 15 is 0 Å². The highest BCUT2D eigenvalue weighted by Gasteiger charge is 2.06. The highest BCUT2D eigenvalue weighted by Crippen LogP contribution is 2.30. The molecule has 0 amide bonds. The molecule has 106 valence electrons. The Balaban J connectivity index is 1.92. The minimum absolute atomic E-state index is 0.249. The zero-order valence-electron chi connectivity index (χ0n) is 11.8. The molecule has 0 unspecified atom stereocenters. The van der Waals surface area contributed by atoms with Crippen molar-refractivity contribution in [2.24, 2.45) is 0 Å². The van der Waals surface area contributed by atoms with E-state index in [1.54, 1.807) is 6.07 Å². The molecular formula is C18H16FNO. The van der Waals surface area contributed by atoms with E-state index in [9.17, 15) is 4.39 Å². The van der Waals surface area contributed by atoms with Crippen LogP contribution in [-0.2, 0) is 6.61 Å². The first-order valence-corrected chi connectivity index (χ1v) is 6.80. The monoisotopic (exact) mass is 281 g/mol. The van der Waals surface area contributed by atoms with Crippen molar-refractivity contribution in [3.8, 4) is 5.75 Å². The lowest BCUT2D eigenvalue weighted by Crippen LogP contribution is -1.99. The lowest BCUT2D eigenvalue weighted by Gasteiger charge is -2.12. The van der Waals surface area contributed by atoms with E-state index in [0.29, 0.717) is 6.61 Å². The Hall–Kier alpha value is -2.55. The second-order valence-corrected chi connectivity index (χ2v) is 5.06. The van der Waals surface area contributed by atoms with E-state index in [0.717, 1.165) is 33.3 Å². The van der Waals surface area contributed by atoms with Crippen LogP contribution in [0, 0.1) is 12.7 Å². The van der Waals surface area contributed by atoms with Gasteiger partial charge in [0, 0.05) is 16.5 Å². The van der Waals surface area contributed by atoms with Crippen molar-refractivity contribution in [1.82, 2.24) is 0 Å². The van der Waals surface area contributed by atoms with Crippen molar-refractivity contribution in [1.29, 1.82) is 0 Å². The molecule has 2 nitrogen and oxygen atoms in total. The molecule has 0 spiro atoms. The maximum Gasteiger partial charge on any atom is 0.127 e. The van der Waals surface area contributed by atoms with Gasteiger partial charge in [0.25, 0.3) is 0 Å². The predicted octanol–water partition coefficient (Wildman–Crippen LogP) is 4.45. The van der Waals surface area contributed by atoms with Gasteiger partial charge < -0.3 is 10.5 Å². The number of hydrogen-bond acceptors (Lipinski definition) is 2. The summed E-state index contributed by atoms with van der Waals surface area (Å²) in [5, 5.41) is 1.93. The summed E-state index contributed by atoms with van der Waals surface area (Å²) in [4.78, 5) is 0. The van der Waals surface area contributed by atoms with Crippen LogP contribution in [-0.4, -0.2) is 0 Å². The first-order chi connectivity index (χ1) is 10.1. The highest BCUT2D eigenvalue weighted by atomic mass is 19.1. The quantitative estimate of drug-likeness (QED) is 0.720. The molecule has 0 aliphatic heterocycles. The summed E-state index contributed by atoms with van der Waals surface area (Å²) in [6.07, 6.45) is 0. The van der Waals surface area contributed by atoms with E-state index in [1.165, 1.54) is 12.1 Å². The van der Waals surface area contributed by atoms with Crippen molar-refractivity contribution >= 4 is 16.5 Å². The second-order valence-electron chi connectivity index (χ2n) is 5.06. The Labute approximate surface area is 123 Å². The van der Waals surface area contributed by atoms with Crippen LogP contribution >= 0.6 is 0 Å². The van der Waals surface area contributed by atoms with Crippen LogP contribution in [0.1, 0.15) is 11.1 Å². The predicted molar refractivity (Wildman–Crippen MR) is 83.8 cm³/mol. The molecule has 0 aliphatic carbocycles. The van der Waals surface area contributed by atoms with E-state index in [2.05, 4.69) is 0 Å². The molecule has 0 aliphatic rings. The van der Waals surface area contributed by atoms with Crippen LogP contribution in [0.15, 0.2) is 54.6 Å². The first-order valence-electron chi connectivity index (χ1n) is 6.80. The highest BCUT2D eigenvalue weighted by molar-refractivity contribution is 5.96. The third-order valence-electron chi connectivity index (χ3n) is 3.61. The lowest BCUT2D eigenvalue weighted by atomic mass is 10.1. The van der Waals surface area contributed by atoms with E-state index in [-0.39, 0.29) is 5.82 Å². The Morgan fingerprint density at radius 2 is 1.76 bits per heavy atom. The van der Waals surface area contributed by atoms with Gasteiger partial charge in [-0.25, -0.2) is 4.39 Å². The molecule has 0 fully saturated rings. The van der Waals surface area contributed by atoms with Gasteiger partial charge >= 0.3 is 0 Å². The summed E-state index contributed by atoms with van der Waals surface area (Å²) in [6, 6.07) is 16.2. The summed E-state index contributed by atoms with van der Waals surface area (Å²) in [5.41, 5.74) is 8.55. The molecule has 0 saturated heterocycles. The summed E-state index contributed by atoms with van der Waals surface area (Å²) < 4.78 is 19.2. The summed E-state index contributed by atoms with van der Waals surface area (Å²) in [5.74, 6) is 0.504. The van der Waals surface area contributed by atoms with E-state index in [4.69, 9.17) is 10.5 Å². The Bertz CT molecular complexity index is 798. The number of rotatable bonds is 3. The van der Waals surface area contributed by atoms with Crippen LogP contribution in [0.5, 0.6) is 5.75 Å². The third-order valence-corrected chi connectivity index (χ3v) is 3.61. The standard InChI is InChI=1S/C18H16FNO/c1-12-6-7-14(19)10-13(12)11-21-18-9-8-17(20)15-4-2-3-5-16(15)18/h2-10H,11,20H2,1H3. The number of anilines is 1. The second kappa shape index (κ2) is 5.44. The molecule has 3 heteroatoms. The molecule has 0 radical (unpaired) electrons. The number of hydrogen-bond donors (Lipinski definition) is 1. The van der Waals surface area contributed by atoms with Gasteiger partial charge in [0.1, 0.15) is 18.2 Å². The largest absolute Gasteiger partial charge is 0.488 e. The van der Waals surface area contributed by atoms with Gasteiger partial charge in [-0.05, 0) is 42.3 Å². The average Bonchev–Trinajstić information content (AvgIpc) is 2.50. The van der Waals surface area contributed by atoms with Crippen LogP contribution in [0.25, 0.3) is 10.8 Å². The Morgan fingerprint density at radius 1 is 1.00 bits per heavy atom. The van der Waals surface area contributed by atoms with Gasteiger partial charge in [0.05, 0.1) is 0 Å². The number of aryl methyl sites for hydroxylation is 1. The Morgan fingerprint density at radius 3 is 2.57 bits per heavy atom. The summed E-state index contributed by atoms with van der Waals surface area (Å²) >= 11 is 0. The van der Waals surface area contributed by atoms with Crippen LogP contribution in [0.3, 0.4) is 0 Å². The minimum Gasteiger partial charge on any atom is -0.488 e. The summed E-state index contributed by atoms with van der Waals surface area (Å²) in [7, 11) is 0. The van der Waals surface area contributed by atoms with E-state index < -0.39 is 0 Å². The normalized spacial score (nSPS) is 10.8. The number of ether oxygens (including phenoxy) is 1. The molecule has 3 aromatic rings. The van der Waals surface area contributed by atoms with Gasteiger partial charge in [0.15, 0.2) is 0 Å². The molecule has 0 heterocycles. The third kappa shape index (κ3) is 2.68. The molecule has 3 rings (SSSR count). The zero-order chi connectivity index (χ0) is 14.8. The fourth-order valence-electron chi connectivity index (χ4n) is 2.37.